The van der Waals surface area contributed by atoms with Gasteiger partial charge in [-0.05, 0) is 51.4 Å². The summed E-state index contributed by atoms with van der Waals surface area (Å²) < 4.78 is 17.0. The van der Waals surface area contributed by atoms with E-state index in [1.165, 1.54) is 12.8 Å². The number of hydrogen-bond acceptors (Lipinski definition) is 4. The summed E-state index contributed by atoms with van der Waals surface area (Å²) >= 11 is 0. The molecule has 4 nitrogen and oxygen atoms in total. The molecule has 4 heteroatoms. The molecule has 19 heavy (non-hydrogen) atoms. The van der Waals surface area contributed by atoms with Crippen molar-refractivity contribution in [3.8, 4) is 0 Å². The first-order valence-electron chi connectivity index (χ1n) is 7.85. The Kier molecular flexibility index (Phi) is 3.10. The third-order valence-electron chi connectivity index (χ3n) is 5.51. The zero-order valence-corrected chi connectivity index (χ0v) is 11.5. The molecule has 0 spiro atoms. The van der Waals surface area contributed by atoms with E-state index in [2.05, 4.69) is 6.92 Å². The Bertz CT molecular complexity index is 315. The van der Waals surface area contributed by atoms with E-state index in [4.69, 9.17) is 14.2 Å². The predicted octanol–water partition coefficient (Wildman–Crippen LogP) is 1.84. The van der Waals surface area contributed by atoms with Gasteiger partial charge in [0.1, 0.15) is 0 Å². The zero-order valence-electron chi connectivity index (χ0n) is 11.5. The van der Waals surface area contributed by atoms with Crippen molar-refractivity contribution < 1.29 is 19.3 Å². The molecule has 0 aromatic heterocycles. The Morgan fingerprint density at radius 1 is 0.895 bits per heavy atom. The lowest BCUT2D eigenvalue weighted by atomic mass is 9.85. The highest BCUT2D eigenvalue weighted by atomic mass is 16.6. The van der Waals surface area contributed by atoms with E-state index in [0.29, 0.717) is 30.3 Å². The maximum Gasteiger partial charge on any atom is 0.157 e. The largest absolute Gasteiger partial charge is 0.370 e. The first-order chi connectivity index (χ1) is 9.20. The Balaban J connectivity index is 1.27. The first kappa shape index (κ1) is 12.6. The molecule has 0 radical (unpaired) electrons. The fourth-order valence-corrected chi connectivity index (χ4v) is 4.00. The van der Waals surface area contributed by atoms with Crippen molar-refractivity contribution in [1.29, 1.82) is 0 Å². The summed E-state index contributed by atoms with van der Waals surface area (Å²) in [7, 11) is 0. The van der Waals surface area contributed by atoms with Crippen LogP contribution in [0.25, 0.3) is 0 Å². The number of fused-ring (bicyclic) bond motifs is 2. The summed E-state index contributed by atoms with van der Waals surface area (Å²) in [6, 6.07) is 0. The van der Waals surface area contributed by atoms with Crippen molar-refractivity contribution in [1.82, 2.24) is 0 Å². The number of ether oxygens (including phenoxy) is 3. The minimum Gasteiger partial charge on any atom is -0.370 e. The van der Waals surface area contributed by atoms with Gasteiger partial charge in [0.15, 0.2) is 6.29 Å². The number of aliphatic hydroxyl groups is 1. The van der Waals surface area contributed by atoms with Crippen LogP contribution in [-0.2, 0) is 14.2 Å². The third kappa shape index (κ3) is 2.56. The number of aliphatic hydroxyl groups excluding tert-OH is 1. The van der Waals surface area contributed by atoms with Gasteiger partial charge in [0, 0.05) is 5.92 Å². The van der Waals surface area contributed by atoms with Crippen molar-refractivity contribution in [2.45, 2.75) is 82.3 Å². The van der Waals surface area contributed by atoms with Gasteiger partial charge in [-0.2, -0.15) is 0 Å². The Morgan fingerprint density at radius 2 is 1.47 bits per heavy atom. The van der Waals surface area contributed by atoms with Crippen molar-refractivity contribution in [3.63, 3.8) is 0 Å². The number of hydrogen-bond donors (Lipinski definition) is 1. The van der Waals surface area contributed by atoms with Crippen LogP contribution in [0.2, 0.25) is 0 Å². The Hall–Kier alpha value is -0.160. The number of epoxide rings is 2. The molecular weight excluding hydrogens is 244 g/mol. The maximum atomic E-state index is 10.3. The van der Waals surface area contributed by atoms with Crippen molar-refractivity contribution in [3.05, 3.63) is 0 Å². The smallest absolute Gasteiger partial charge is 0.157 e. The second kappa shape index (κ2) is 4.69. The van der Waals surface area contributed by atoms with Crippen LogP contribution in [0.1, 0.15) is 45.4 Å². The Morgan fingerprint density at radius 3 is 2.11 bits per heavy atom. The quantitative estimate of drug-likeness (QED) is 0.624. The predicted molar refractivity (Wildman–Crippen MR) is 68.6 cm³/mol. The normalized spacial score (nSPS) is 50.8. The minimum atomic E-state index is -0.613. The lowest BCUT2D eigenvalue weighted by Gasteiger charge is -2.31. The highest BCUT2D eigenvalue weighted by Crippen LogP contribution is 2.43. The molecule has 2 aliphatic carbocycles. The molecule has 4 rings (SSSR count). The average Bonchev–Trinajstić information content (AvgIpc) is 3.30. The van der Waals surface area contributed by atoms with E-state index in [0.717, 1.165) is 25.7 Å². The molecule has 2 saturated heterocycles. The second-order valence-electron chi connectivity index (χ2n) is 6.80. The zero-order chi connectivity index (χ0) is 13.0. The highest BCUT2D eigenvalue weighted by Gasteiger charge is 2.47. The van der Waals surface area contributed by atoms with Crippen LogP contribution in [0.4, 0.5) is 0 Å². The van der Waals surface area contributed by atoms with Gasteiger partial charge in [-0.15, -0.1) is 0 Å². The molecule has 4 fully saturated rings. The van der Waals surface area contributed by atoms with E-state index in [1.807, 2.05) is 0 Å². The molecule has 8 unspecified atom stereocenters. The lowest BCUT2D eigenvalue weighted by Crippen LogP contribution is -2.35. The fourth-order valence-electron chi connectivity index (χ4n) is 4.00. The standard InChI is InChI=1S/C15H24O4/c1-8(9-2-4-11-13(6-9)18-11)17-15(16)10-3-5-12-14(7-10)19-12/h8-16H,2-7H2,1H3. The van der Waals surface area contributed by atoms with Crippen LogP contribution in [0, 0.1) is 11.8 Å². The molecule has 0 aromatic rings. The summed E-state index contributed by atoms with van der Waals surface area (Å²) in [5, 5.41) is 10.3. The molecule has 0 bridgehead atoms. The van der Waals surface area contributed by atoms with Crippen LogP contribution < -0.4 is 0 Å². The molecule has 108 valence electrons. The summed E-state index contributed by atoms with van der Waals surface area (Å²) in [5.41, 5.74) is 0. The van der Waals surface area contributed by atoms with E-state index >= 15 is 0 Å². The van der Waals surface area contributed by atoms with Crippen LogP contribution in [-0.4, -0.2) is 41.9 Å². The summed E-state index contributed by atoms with van der Waals surface area (Å²) in [4.78, 5) is 0. The monoisotopic (exact) mass is 268 g/mol. The molecule has 2 saturated carbocycles. The maximum absolute atomic E-state index is 10.3. The topological polar surface area (TPSA) is 54.5 Å². The van der Waals surface area contributed by atoms with E-state index < -0.39 is 6.29 Å². The fraction of sp³-hybridized carbons (Fsp3) is 1.00. The van der Waals surface area contributed by atoms with Gasteiger partial charge in [0.25, 0.3) is 0 Å². The molecule has 0 aromatic carbocycles. The summed E-state index contributed by atoms with van der Waals surface area (Å²) in [6.07, 6.45) is 7.98. The lowest BCUT2D eigenvalue weighted by molar-refractivity contribution is -0.179. The van der Waals surface area contributed by atoms with Gasteiger partial charge in [-0.1, -0.05) is 0 Å². The first-order valence-corrected chi connectivity index (χ1v) is 7.85. The van der Waals surface area contributed by atoms with Gasteiger partial charge >= 0.3 is 0 Å². The average molecular weight is 268 g/mol. The number of rotatable bonds is 4. The molecule has 4 aliphatic rings. The van der Waals surface area contributed by atoms with Gasteiger partial charge in [-0.25, -0.2) is 0 Å². The second-order valence-corrected chi connectivity index (χ2v) is 6.80. The van der Waals surface area contributed by atoms with Crippen LogP contribution >= 0.6 is 0 Å². The summed E-state index contributed by atoms with van der Waals surface area (Å²) in [5.74, 6) is 0.812. The minimum absolute atomic E-state index is 0.137. The highest BCUT2D eigenvalue weighted by molar-refractivity contribution is 4.94. The van der Waals surface area contributed by atoms with E-state index in [1.54, 1.807) is 0 Å². The van der Waals surface area contributed by atoms with Crippen LogP contribution in [0.3, 0.4) is 0 Å². The van der Waals surface area contributed by atoms with E-state index in [9.17, 15) is 5.11 Å². The van der Waals surface area contributed by atoms with Crippen molar-refractivity contribution >= 4 is 0 Å². The summed E-state index contributed by atoms with van der Waals surface area (Å²) in [6.45, 7) is 2.11. The van der Waals surface area contributed by atoms with Crippen molar-refractivity contribution in [2.24, 2.45) is 11.8 Å². The Labute approximate surface area is 114 Å². The van der Waals surface area contributed by atoms with Crippen molar-refractivity contribution in [2.75, 3.05) is 0 Å². The van der Waals surface area contributed by atoms with Gasteiger partial charge in [-0.3, -0.25) is 0 Å². The molecule has 0 amide bonds. The SMILES string of the molecule is CC(OC(O)C1CCC2OC2C1)C1CCC2OC2C1. The molecule has 2 heterocycles. The van der Waals surface area contributed by atoms with Crippen LogP contribution in [0.5, 0.6) is 0 Å². The molecule has 8 atom stereocenters. The van der Waals surface area contributed by atoms with E-state index in [-0.39, 0.29) is 12.0 Å². The van der Waals surface area contributed by atoms with Gasteiger partial charge in [0.05, 0.1) is 30.5 Å². The molecule has 1 N–H and O–H groups in total. The van der Waals surface area contributed by atoms with Gasteiger partial charge in [0.2, 0.25) is 0 Å². The van der Waals surface area contributed by atoms with Crippen LogP contribution in [0.15, 0.2) is 0 Å². The molecular formula is C15H24O4. The van der Waals surface area contributed by atoms with Gasteiger partial charge < -0.3 is 19.3 Å². The molecule has 2 aliphatic heterocycles. The third-order valence-corrected chi connectivity index (χ3v) is 5.51.